The summed E-state index contributed by atoms with van der Waals surface area (Å²) in [5, 5.41) is 0. The van der Waals surface area contributed by atoms with Gasteiger partial charge >= 0.3 is 0 Å². The summed E-state index contributed by atoms with van der Waals surface area (Å²) >= 11 is 0. The van der Waals surface area contributed by atoms with Gasteiger partial charge in [-0.15, -0.1) is 0 Å². The molecule has 0 spiro atoms. The molecule has 3 nitrogen and oxygen atoms in total. The first-order chi connectivity index (χ1) is 9.18. The summed E-state index contributed by atoms with van der Waals surface area (Å²) < 4.78 is 5.36. The predicted octanol–water partition coefficient (Wildman–Crippen LogP) is 3.31. The lowest BCUT2D eigenvalue weighted by Crippen LogP contribution is -2.37. The Labute approximate surface area is 118 Å². The van der Waals surface area contributed by atoms with Gasteiger partial charge in [0.1, 0.15) is 5.78 Å². The molecule has 0 aromatic rings. The number of carbonyl (C=O) groups is 1. The highest BCUT2D eigenvalue weighted by Crippen LogP contribution is 2.29. The third kappa shape index (κ3) is 4.88. The summed E-state index contributed by atoms with van der Waals surface area (Å²) in [5.74, 6) is 1.20. The van der Waals surface area contributed by atoms with Crippen LogP contribution in [0.3, 0.4) is 0 Å². The molecule has 1 fully saturated rings. The highest BCUT2D eigenvalue weighted by atomic mass is 16.5. The summed E-state index contributed by atoms with van der Waals surface area (Å²) in [6.07, 6.45) is 8.31. The van der Waals surface area contributed by atoms with E-state index in [4.69, 9.17) is 10.5 Å². The second kappa shape index (κ2) is 8.70. The first kappa shape index (κ1) is 16.6. The molecule has 0 unspecified atom stereocenters. The lowest BCUT2D eigenvalue weighted by atomic mass is 9.76. The molecule has 1 rings (SSSR count). The summed E-state index contributed by atoms with van der Waals surface area (Å²) in [4.78, 5) is 12.3. The van der Waals surface area contributed by atoms with Crippen LogP contribution < -0.4 is 5.73 Å². The number of carbonyl (C=O) groups excluding carboxylic acids is 1. The maximum absolute atomic E-state index is 12.3. The Morgan fingerprint density at radius 2 is 1.84 bits per heavy atom. The lowest BCUT2D eigenvalue weighted by Gasteiger charge is -2.28. The van der Waals surface area contributed by atoms with Crippen LogP contribution in [0.25, 0.3) is 0 Å². The normalized spacial score (nSPS) is 17.6. The van der Waals surface area contributed by atoms with Crippen LogP contribution in [0.1, 0.15) is 65.2 Å². The van der Waals surface area contributed by atoms with Crippen LogP contribution in [-0.2, 0) is 9.53 Å². The van der Waals surface area contributed by atoms with E-state index in [0.717, 1.165) is 38.4 Å². The highest BCUT2D eigenvalue weighted by Gasteiger charge is 2.32. The van der Waals surface area contributed by atoms with Crippen LogP contribution >= 0.6 is 0 Å². The van der Waals surface area contributed by atoms with E-state index in [1.807, 2.05) is 0 Å². The molecule has 0 atom stereocenters. The quantitative estimate of drug-likeness (QED) is 0.653. The molecule has 0 aromatic carbocycles. The smallest absolute Gasteiger partial charge is 0.140 e. The van der Waals surface area contributed by atoms with Crippen molar-refractivity contribution in [2.45, 2.75) is 65.2 Å². The maximum Gasteiger partial charge on any atom is 0.140 e. The molecule has 0 bridgehead atoms. The van der Waals surface area contributed by atoms with Crippen LogP contribution in [0, 0.1) is 11.3 Å². The monoisotopic (exact) mass is 269 g/mol. The van der Waals surface area contributed by atoms with Gasteiger partial charge in [-0.25, -0.2) is 0 Å². The molecule has 0 amide bonds. The van der Waals surface area contributed by atoms with Gasteiger partial charge in [0.05, 0.1) is 0 Å². The fourth-order valence-corrected chi connectivity index (χ4v) is 3.07. The van der Waals surface area contributed by atoms with Gasteiger partial charge < -0.3 is 10.5 Å². The van der Waals surface area contributed by atoms with Crippen LogP contribution in [0.15, 0.2) is 0 Å². The van der Waals surface area contributed by atoms with Crippen LogP contribution in [-0.4, -0.2) is 25.5 Å². The highest BCUT2D eigenvalue weighted by molar-refractivity contribution is 5.84. The van der Waals surface area contributed by atoms with Gasteiger partial charge in [-0.1, -0.05) is 26.7 Å². The number of ether oxygens (including phenoxy) is 1. The molecule has 3 heteroatoms. The van der Waals surface area contributed by atoms with Gasteiger partial charge in [-0.3, -0.25) is 4.79 Å². The van der Waals surface area contributed by atoms with Crippen molar-refractivity contribution >= 4 is 5.78 Å². The van der Waals surface area contributed by atoms with Gasteiger partial charge in [0.2, 0.25) is 0 Å². The summed E-state index contributed by atoms with van der Waals surface area (Å²) in [7, 11) is 0. The van der Waals surface area contributed by atoms with Crippen molar-refractivity contribution < 1.29 is 9.53 Å². The third-order valence-corrected chi connectivity index (χ3v) is 4.94. The van der Waals surface area contributed by atoms with E-state index in [2.05, 4.69) is 13.8 Å². The van der Waals surface area contributed by atoms with Gasteiger partial charge in [0.15, 0.2) is 0 Å². The molecule has 19 heavy (non-hydrogen) atoms. The molecule has 2 N–H and O–H groups in total. The lowest BCUT2D eigenvalue weighted by molar-refractivity contribution is -0.128. The van der Waals surface area contributed by atoms with Crippen LogP contribution in [0.5, 0.6) is 0 Å². The van der Waals surface area contributed by atoms with Crippen molar-refractivity contribution in [2.75, 3.05) is 19.8 Å². The van der Waals surface area contributed by atoms with Crippen molar-refractivity contribution in [2.24, 2.45) is 17.1 Å². The Hall–Kier alpha value is -0.410. The Morgan fingerprint density at radius 3 is 2.37 bits per heavy atom. The molecule has 1 aliphatic heterocycles. The van der Waals surface area contributed by atoms with Gasteiger partial charge in [-0.2, -0.15) is 0 Å². The van der Waals surface area contributed by atoms with Crippen LogP contribution in [0.4, 0.5) is 0 Å². The van der Waals surface area contributed by atoms with E-state index in [1.54, 1.807) is 0 Å². The van der Waals surface area contributed by atoms with Crippen molar-refractivity contribution in [3.8, 4) is 0 Å². The Bertz CT molecular complexity index is 247. The minimum atomic E-state index is -0.251. The Kier molecular flexibility index (Phi) is 7.62. The molecule has 1 heterocycles. The SMILES string of the molecule is CCC(CC)(CN)C(=O)CCCCC1CCOCC1. The third-order valence-electron chi connectivity index (χ3n) is 4.94. The first-order valence-corrected chi connectivity index (χ1v) is 7.99. The fraction of sp³-hybridized carbons (Fsp3) is 0.938. The van der Waals surface area contributed by atoms with E-state index in [1.165, 1.54) is 25.7 Å². The average Bonchev–Trinajstić information content (AvgIpc) is 2.47. The topological polar surface area (TPSA) is 52.3 Å². The minimum absolute atomic E-state index is 0.251. The minimum Gasteiger partial charge on any atom is -0.381 e. The molecule has 112 valence electrons. The second-order valence-electron chi connectivity index (χ2n) is 5.92. The number of Topliss-reactive ketones (excluding diaryl/α,β-unsaturated/α-hetero) is 1. The van der Waals surface area contributed by atoms with E-state index < -0.39 is 0 Å². The summed E-state index contributed by atoms with van der Waals surface area (Å²) in [5.41, 5.74) is 5.56. The average molecular weight is 269 g/mol. The van der Waals surface area contributed by atoms with Gasteiger partial charge in [0.25, 0.3) is 0 Å². The molecule has 1 saturated heterocycles. The first-order valence-electron chi connectivity index (χ1n) is 7.99. The van der Waals surface area contributed by atoms with E-state index in [9.17, 15) is 4.79 Å². The van der Waals surface area contributed by atoms with E-state index >= 15 is 0 Å². The number of hydrogen-bond acceptors (Lipinski definition) is 3. The number of rotatable bonds is 9. The number of unbranched alkanes of at least 4 members (excludes halogenated alkanes) is 1. The Morgan fingerprint density at radius 1 is 1.21 bits per heavy atom. The zero-order chi connectivity index (χ0) is 14.1. The standard InChI is InChI=1S/C16H31NO2/c1-3-16(4-2,13-17)15(18)8-6-5-7-14-9-11-19-12-10-14/h14H,3-13,17H2,1-2H3. The second-order valence-corrected chi connectivity index (χ2v) is 5.92. The summed E-state index contributed by atoms with van der Waals surface area (Å²) in [6, 6.07) is 0. The zero-order valence-electron chi connectivity index (χ0n) is 12.7. The molecule has 1 aliphatic rings. The van der Waals surface area contributed by atoms with Crippen molar-refractivity contribution in [3.05, 3.63) is 0 Å². The fourth-order valence-electron chi connectivity index (χ4n) is 3.07. The van der Waals surface area contributed by atoms with E-state index in [0.29, 0.717) is 18.7 Å². The molecular formula is C16H31NO2. The Balaban J connectivity index is 2.22. The molecule has 0 aromatic heterocycles. The maximum atomic E-state index is 12.3. The molecular weight excluding hydrogens is 238 g/mol. The van der Waals surface area contributed by atoms with Gasteiger partial charge in [0, 0.05) is 31.6 Å². The van der Waals surface area contributed by atoms with Crippen molar-refractivity contribution in [1.29, 1.82) is 0 Å². The van der Waals surface area contributed by atoms with Crippen LogP contribution in [0.2, 0.25) is 0 Å². The van der Waals surface area contributed by atoms with E-state index in [-0.39, 0.29) is 5.41 Å². The largest absolute Gasteiger partial charge is 0.381 e. The number of ketones is 1. The number of hydrogen-bond donors (Lipinski definition) is 1. The van der Waals surface area contributed by atoms with Gasteiger partial charge in [-0.05, 0) is 38.0 Å². The van der Waals surface area contributed by atoms with Crippen molar-refractivity contribution in [3.63, 3.8) is 0 Å². The molecule has 0 radical (unpaired) electrons. The summed E-state index contributed by atoms with van der Waals surface area (Å²) in [6.45, 7) is 6.50. The zero-order valence-corrected chi connectivity index (χ0v) is 12.7. The molecule has 0 aliphatic carbocycles. The van der Waals surface area contributed by atoms with Crippen molar-refractivity contribution in [1.82, 2.24) is 0 Å². The molecule has 0 saturated carbocycles. The number of nitrogens with two attached hydrogens (primary N) is 1. The predicted molar refractivity (Wildman–Crippen MR) is 79.1 cm³/mol.